The van der Waals surface area contributed by atoms with Gasteiger partial charge in [-0.3, -0.25) is 0 Å². The molecule has 2 aromatic carbocycles. The highest BCUT2D eigenvalue weighted by Crippen LogP contribution is 2.22. The van der Waals surface area contributed by atoms with E-state index in [1.165, 1.54) is 7.11 Å². The molecule has 0 heterocycles. The predicted molar refractivity (Wildman–Crippen MR) is 84.5 cm³/mol. The van der Waals surface area contributed by atoms with Gasteiger partial charge in [0.2, 0.25) is 0 Å². The van der Waals surface area contributed by atoms with Gasteiger partial charge in [-0.05, 0) is 30.2 Å². The molecule has 0 saturated carbocycles. The van der Waals surface area contributed by atoms with Crippen molar-refractivity contribution in [3.05, 3.63) is 70.2 Å². The van der Waals surface area contributed by atoms with E-state index >= 15 is 0 Å². The van der Waals surface area contributed by atoms with Crippen molar-refractivity contribution in [1.29, 1.82) is 0 Å². The van der Waals surface area contributed by atoms with Gasteiger partial charge in [-0.1, -0.05) is 48.0 Å². The molecule has 0 aliphatic carbocycles. The Balaban J connectivity index is 2.10. The van der Waals surface area contributed by atoms with Crippen molar-refractivity contribution in [3.63, 3.8) is 0 Å². The number of carbonyl (C=O) groups excluding carboxylic acids is 1. The summed E-state index contributed by atoms with van der Waals surface area (Å²) < 4.78 is 4.80. The summed E-state index contributed by atoms with van der Waals surface area (Å²) in [4.78, 5) is 11.7. The Morgan fingerprint density at radius 3 is 2.57 bits per heavy atom. The Morgan fingerprint density at radius 1 is 1.19 bits per heavy atom. The maximum atomic E-state index is 11.7. The molecule has 1 atom stereocenters. The molecule has 0 aromatic heterocycles. The zero-order valence-corrected chi connectivity index (χ0v) is 12.9. The van der Waals surface area contributed by atoms with Crippen molar-refractivity contribution < 1.29 is 9.53 Å². The van der Waals surface area contributed by atoms with Crippen LogP contribution in [0.2, 0.25) is 5.02 Å². The van der Waals surface area contributed by atoms with Gasteiger partial charge in [0.25, 0.3) is 0 Å². The maximum Gasteiger partial charge on any atom is 0.338 e. The van der Waals surface area contributed by atoms with Crippen LogP contribution in [-0.2, 0) is 11.3 Å². The molecule has 4 heteroatoms. The second-order valence-electron chi connectivity index (χ2n) is 4.77. The Morgan fingerprint density at radius 2 is 1.86 bits per heavy atom. The fourth-order valence-corrected chi connectivity index (χ4v) is 2.48. The summed E-state index contributed by atoms with van der Waals surface area (Å²) in [5.74, 6) is -0.321. The van der Waals surface area contributed by atoms with Crippen LogP contribution in [0, 0.1) is 0 Å². The molecule has 1 unspecified atom stereocenters. The first-order valence-corrected chi connectivity index (χ1v) is 7.15. The number of carbonyl (C=O) groups is 1. The standard InChI is InChI=1S/C17H18ClNO2/c1-12(14-8-5-6-10-16(14)18)19-11-13-7-3-4-9-15(13)17(20)21-2/h3-10,12,19H,11H2,1-2H3. The molecule has 0 amide bonds. The fraction of sp³-hybridized carbons (Fsp3) is 0.235. The first kappa shape index (κ1) is 15.5. The third-order valence-electron chi connectivity index (χ3n) is 3.39. The van der Waals surface area contributed by atoms with Gasteiger partial charge in [0, 0.05) is 17.6 Å². The highest BCUT2D eigenvalue weighted by molar-refractivity contribution is 6.31. The summed E-state index contributed by atoms with van der Waals surface area (Å²) in [7, 11) is 1.39. The van der Waals surface area contributed by atoms with Crippen LogP contribution in [0.3, 0.4) is 0 Å². The van der Waals surface area contributed by atoms with E-state index in [0.29, 0.717) is 12.1 Å². The highest BCUT2D eigenvalue weighted by Gasteiger charge is 2.13. The summed E-state index contributed by atoms with van der Waals surface area (Å²) in [6, 6.07) is 15.2. The minimum Gasteiger partial charge on any atom is -0.465 e. The minimum atomic E-state index is -0.321. The molecular formula is C17H18ClNO2. The number of esters is 1. The van der Waals surface area contributed by atoms with Crippen LogP contribution in [0.5, 0.6) is 0 Å². The van der Waals surface area contributed by atoms with E-state index in [9.17, 15) is 4.79 Å². The summed E-state index contributed by atoms with van der Waals surface area (Å²) in [5, 5.41) is 4.12. The van der Waals surface area contributed by atoms with Gasteiger partial charge >= 0.3 is 5.97 Å². The van der Waals surface area contributed by atoms with Gasteiger partial charge < -0.3 is 10.1 Å². The highest BCUT2D eigenvalue weighted by atomic mass is 35.5. The monoisotopic (exact) mass is 303 g/mol. The number of nitrogens with one attached hydrogen (secondary N) is 1. The van der Waals surface area contributed by atoms with Crippen molar-refractivity contribution in [1.82, 2.24) is 5.32 Å². The lowest BCUT2D eigenvalue weighted by molar-refractivity contribution is 0.0599. The number of methoxy groups -OCH3 is 1. The Kier molecular flexibility index (Phi) is 5.37. The summed E-state index contributed by atoms with van der Waals surface area (Å²) in [6.45, 7) is 2.61. The number of halogens is 1. The lowest BCUT2D eigenvalue weighted by Crippen LogP contribution is -2.20. The summed E-state index contributed by atoms with van der Waals surface area (Å²) in [6.07, 6.45) is 0. The zero-order valence-electron chi connectivity index (χ0n) is 12.1. The van der Waals surface area contributed by atoms with Crippen LogP contribution in [0.25, 0.3) is 0 Å². The van der Waals surface area contributed by atoms with E-state index < -0.39 is 0 Å². The van der Waals surface area contributed by atoms with Crippen LogP contribution in [-0.4, -0.2) is 13.1 Å². The number of hydrogen-bond acceptors (Lipinski definition) is 3. The van der Waals surface area contributed by atoms with Crippen molar-refractivity contribution in [2.45, 2.75) is 19.5 Å². The quantitative estimate of drug-likeness (QED) is 0.849. The van der Waals surface area contributed by atoms with Crippen LogP contribution >= 0.6 is 11.6 Å². The largest absolute Gasteiger partial charge is 0.465 e. The van der Waals surface area contributed by atoms with Gasteiger partial charge in [-0.15, -0.1) is 0 Å². The van der Waals surface area contributed by atoms with Crippen LogP contribution in [0.4, 0.5) is 0 Å². The lowest BCUT2D eigenvalue weighted by atomic mass is 10.1. The smallest absolute Gasteiger partial charge is 0.338 e. The SMILES string of the molecule is COC(=O)c1ccccc1CNC(C)c1ccccc1Cl. The van der Waals surface area contributed by atoms with Gasteiger partial charge in [0.15, 0.2) is 0 Å². The molecule has 2 aromatic rings. The van der Waals surface area contributed by atoms with Crippen LogP contribution in [0.15, 0.2) is 48.5 Å². The summed E-state index contributed by atoms with van der Waals surface area (Å²) in [5.41, 5.74) is 2.52. The zero-order chi connectivity index (χ0) is 15.2. The Bertz CT molecular complexity index is 628. The molecule has 1 N–H and O–H groups in total. The molecule has 0 saturated heterocycles. The predicted octanol–water partition coefficient (Wildman–Crippen LogP) is 3.98. The van der Waals surface area contributed by atoms with E-state index in [1.54, 1.807) is 6.07 Å². The van der Waals surface area contributed by atoms with Gasteiger partial charge in [0.05, 0.1) is 12.7 Å². The molecular weight excluding hydrogens is 286 g/mol. The molecule has 0 radical (unpaired) electrons. The van der Waals surface area contributed by atoms with E-state index in [0.717, 1.165) is 16.1 Å². The lowest BCUT2D eigenvalue weighted by Gasteiger charge is -2.16. The average molecular weight is 304 g/mol. The first-order valence-electron chi connectivity index (χ1n) is 6.77. The molecule has 21 heavy (non-hydrogen) atoms. The van der Waals surface area contributed by atoms with E-state index in [-0.39, 0.29) is 12.0 Å². The third-order valence-corrected chi connectivity index (χ3v) is 3.74. The van der Waals surface area contributed by atoms with Gasteiger partial charge in [0.1, 0.15) is 0 Å². The van der Waals surface area contributed by atoms with Crippen molar-refractivity contribution in [2.24, 2.45) is 0 Å². The second kappa shape index (κ2) is 7.25. The molecule has 0 fully saturated rings. The second-order valence-corrected chi connectivity index (χ2v) is 5.18. The van der Waals surface area contributed by atoms with Gasteiger partial charge in [-0.2, -0.15) is 0 Å². The maximum absolute atomic E-state index is 11.7. The van der Waals surface area contributed by atoms with Crippen molar-refractivity contribution in [3.8, 4) is 0 Å². The third kappa shape index (κ3) is 3.84. The normalized spacial score (nSPS) is 12.0. The van der Waals surface area contributed by atoms with E-state index in [4.69, 9.17) is 16.3 Å². The molecule has 0 spiro atoms. The number of hydrogen-bond donors (Lipinski definition) is 1. The van der Waals surface area contributed by atoms with Gasteiger partial charge in [-0.25, -0.2) is 4.79 Å². The number of benzene rings is 2. The first-order chi connectivity index (χ1) is 10.1. The average Bonchev–Trinajstić information content (AvgIpc) is 2.52. The Hall–Kier alpha value is -1.84. The fourth-order valence-electron chi connectivity index (χ4n) is 2.18. The van der Waals surface area contributed by atoms with Crippen LogP contribution in [0.1, 0.15) is 34.5 Å². The molecule has 2 rings (SSSR count). The minimum absolute atomic E-state index is 0.0874. The molecule has 0 aliphatic rings. The number of ether oxygens (including phenoxy) is 1. The van der Waals surface area contributed by atoms with Crippen LogP contribution < -0.4 is 5.32 Å². The number of rotatable bonds is 5. The molecule has 3 nitrogen and oxygen atoms in total. The molecule has 0 aliphatic heterocycles. The van der Waals surface area contributed by atoms with Crippen molar-refractivity contribution in [2.75, 3.05) is 7.11 Å². The van der Waals surface area contributed by atoms with E-state index in [1.807, 2.05) is 49.4 Å². The topological polar surface area (TPSA) is 38.3 Å². The van der Waals surface area contributed by atoms with E-state index in [2.05, 4.69) is 5.32 Å². The molecule has 110 valence electrons. The van der Waals surface area contributed by atoms with Crippen molar-refractivity contribution >= 4 is 17.6 Å². The Labute approximate surface area is 129 Å². The summed E-state index contributed by atoms with van der Waals surface area (Å²) >= 11 is 6.19. The molecule has 0 bridgehead atoms.